The minimum absolute atomic E-state index is 0.707. The molecule has 120 valence electrons. The van der Waals surface area contributed by atoms with Gasteiger partial charge in [0.1, 0.15) is 10.4 Å². The van der Waals surface area contributed by atoms with Crippen LogP contribution in [0.1, 0.15) is 17.7 Å². The predicted octanol–water partition coefficient (Wildman–Crippen LogP) is 4.21. The van der Waals surface area contributed by atoms with Crippen LogP contribution in [-0.2, 0) is 12.8 Å². The molecular weight excluding hydrogens is 340 g/mol. The van der Waals surface area contributed by atoms with Crippen molar-refractivity contribution >= 4 is 40.6 Å². The molecule has 1 aliphatic rings. The van der Waals surface area contributed by atoms with Crippen molar-refractivity contribution in [2.45, 2.75) is 24.4 Å². The molecule has 0 amide bonds. The van der Waals surface area contributed by atoms with Gasteiger partial charge in [-0.05, 0) is 31.2 Å². The quantitative estimate of drug-likeness (QED) is 0.399. The van der Waals surface area contributed by atoms with E-state index in [2.05, 4.69) is 10.1 Å². The average Bonchev–Trinajstić information content (AvgIpc) is 3.28. The Hall–Kier alpha value is -2.12. The van der Waals surface area contributed by atoms with E-state index >= 15 is 0 Å². The summed E-state index contributed by atoms with van der Waals surface area (Å²) in [5.74, 6) is 1.05. The zero-order valence-electron chi connectivity index (χ0n) is 13.0. The summed E-state index contributed by atoms with van der Waals surface area (Å²) < 4.78 is 10.6. The van der Waals surface area contributed by atoms with Crippen LogP contribution in [0.2, 0.25) is 0 Å². The largest absolute Gasteiger partial charge is 0.457 e. The first-order valence-corrected chi connectivity index (χ1v) is 9.47. The minimum atomic E-state index is 0.707. The lowest BCUT2D eigenvalue weighted by Gasteiger charge is -2.10. The van der Waals surface area contributed by atoms with Crippen molar-refractivity contribution in [3.63, 3.8) is 0 Å². The van der Waals surface area contributed by atoms with Gasteiger partial charge in [0.05, 0.1) is 11.1 Å². The van der Waals surface area contributed by atoms with Gasteiger partial charge in [-0.2, -0.15) is 4.98 Å². The van der Waals surface area contributed by atoms with Gasteiger partial charge in [0.25, 0.3) is 0 Å². The summed E-state index contributed by atoms with van der Waals surface area (Å²) in [6, 6.07) is 10.1. The standard InChI is InChI=1S/C17H14N4OS2/c1-24-17-18-15-14-13(11-8-5-9-12(11)22-14)16(23)20(21(15)19-17)10-6-3-2-4-7-10/h2-4,6-7H,5,8-9H2,1H3. The molecule has 0 unspecified atom stereocenters. The molecule has 0 atom stereocenters. The van der Waals surface area contributed by atoms with E-state index in [0.717, 1.165) is 52.0 Å². The molecular formula is C17H14N4OS2. The Morgan fingerprint density at radius 1 is 1.21 bits per heavy atom. The maximum Gasteiger partial charge on any atom is 0.219 e. The van der Waals surface area contributed by atoms with E-state index in [1.165, 1.54) is 17.3 Å². The Balaban J connectivity index is 2.01. The number of rotatable bonds is 2. The van der Waals surface area contributed by atoms with Crippen LogP contribution in [0, 0.1) is 4.64 Å². The van der Waals surface area contributed by atoms with Gasteiger partial charge in [0, 0.05) is 12.0 Å². The zero-order valence-corrected chi connectivity index (χ0v) is 14.7. The first-order valence-electron chi connectivity index (χ1n) is 7.83. The van der Waals surface area contributed by atoms with Crippen LogP contribution in [0.4, 0.5) is 0 Å². The Kier molecular flexibility index (Phi) is 3.08. The summed E-state index contributed by atoms with van der Waals surface area (Å²) in [6.45, 7) is 0. The van der Waals surface area contributed by atoms with Gasteiger partial charge in [-0.1, -0.05) is 42.2 Å². The smallest absolute Gasteiger partial charge is 0.219 e. The molecule has 1 aliphatic carbocycles. The van der Waals surface area contributed by atoms with Crippen molar-refractivity contribution in [1.29, 1.82) is 0 Å². The highest BCUT2D eigenvalue weighted by Gasteiger charge is 2.25. The average molecular weight is 354 g/mol. The summed E-state index contributed by atoms with van der Waals surface area (Å²) in [7, 11) is 0. The molecule has 1 aromatic carbocycles. The van der Waals surface area contributed by atoms with Crippen LogP contribution in [0.25, 0.3) is 22.3 Å². The Morgan fingerprint density at radius 3 is 2.83 bits per heavy atom. The van der Waals surface area contributed by atoms with Gasteiger partial charge in [0.2, 0.25) is 10.8 Å². The SMILES string of the molecule is CSc1nc2c3oc4c(c3c(=S)n(-c3ccccc3)n2n1)CCC4. The second-order valence-electron chi connectivity index (χ2n) is 5.83. The molecule has 5 nitrogen and oxygen atoms in total. The third kappa shape index (κ3) is 1.85. The molecule has 0 saturated carbocycles. The molecule has 0 aliphatic heterocycles. The Bertz CT molecular complexity index is 1140. The van der Waals surface area contributed by atoms with Gasteiger partial charge < -0.3 is 4.42 Å². The van der Waals surface area contributed by atoms with Gasteiger partial charge in [-0.3, -0.25) is 0 Å². The molecule has 0 radical (unpaired) electrons. The van der Waals surface area contributed by atoms with E-state index in [0.29, 0.717) is 5.16 Å². The monoisotopic (exact) mass is 354 g/mol. The maximum absolute atomic E-state index is 6.14. The number of aryl methyl sites for hydroxylation is 2. The van der Waals surface area contributed by atoms with Crippen LogP contribution in [0.5, 0.6) is 0 Å². The number of para-hydroxylation sites is 1. The number of nitrogens with zero attached hydrogens (tertiary/aromatic N) is 4. The lowest BCUT2D eigenvalue weighted by Crippen LogP contribution is -2.10. The normalized spacial score (nSPS) is 13.9. The molecule has 4 aromatic rings. The van der Waals surface area contributed by atoms with Gasteiger partial charge in [0.15, 0.2) is 5.58 Å². The Morgan fingerprint density at radius 2 is 2.04 bits per heavy atom. The molecule has 0 spiro atoms. The summed E-state index contributed by atoms with van der Waals surface area (Å²) in [4.78, 5) is 4.65. The number of furan rings is 1. The number of aromatic nitrogens is 4. The number of fused-ring (bicyclic) bond motifs is 5. The lowest BCUT2D eigenvalue weighted by molar-refractivity contribution is 0.554. The number of benzene rings is 1. The second-order valence-corrected chi connectivity index (χ2v) is 6.99. The van der Waals surface area contributed by atoms with Crippen molar-refractivity contribution in [1.82, 2.24) is 19.4 Å². The molecule has 0 fully saturated rings. The maximum atomic E-state index is 6.14. The first kappa shape index (κ1) is 14.2. The summed E-state index contributed by atoms with van der Waals surface area (Å²) >= 11 is 7.36. The number of hydrogen-bond donors (Lipinski definition) is 0. The van der Waals surface area contributed by atoms with Crippen LogP contribution >= 0.6 is 24.0 Å². The Labute approximate surface area is 147 Å². The second kappa shape index (κ2) is 5.19. The van der Waals surface area contributed by atoms with Crippen molar-refractivity contribution in [2.75, 3.05) is 6.26 Å². The molecule has 0 N–H and O–H groups in total. The topological polar surface area (TPSA) is 48.3 Å². The van der Waals surface area contributed by atoms with E-state index in [9.17, 15) is 0 Å². The molecule has 7 heteroatoms. The van der Waals surface area contributed by atoms with E-state index in [1.807, 2.05) is 41.3 Å². The van der Waals surface area contributed by atoms with E-state index < -0.39 is 0 Å². The molecule has 5 rings (SSSR count). The fourth-order valence-corrected chi connectivity index (χ4v) is 4.16. The fraction of sp³-hybridized carbons (Fsp3) is 0.235. The van der Waals surface area contributed by atoms with Crippen molar-refractivity contribution in [3.05, 3.63) is 46.3 Å². The van der Waals surface area contributed by atoms with Gasteiger partial charge >= 0.3 is 0 Å². The minimum Gasteiger partial charge on any atom is -0.457 e. The lowest BCUT2D eigenvalue weighted by atomic mass is 10.2. The van der Waals surface area contributed by atoms with Crippen molar-refractivity contribution in [2.24, 2.45) is 0 Å². The third-order valence-corrected chi connectivity index (χ3v) is 5.39. The van der Waals surface area contributed by atoms with Crippen molar-refractivity contribution < 1.29 is 4.42 Å². The highest BCUT2D eigenvalue weighted by atomic mass is 32.2. The predicted molar refractivity (Wildman–Crippen MR) is 96.7 cm³/mol. The highest BCUT2D eigenvalue weighted by Crippen LogP contribution is 2.36. The van der Waals surface area contributed by atoms with Crippen LogP contribution in [0.3, 0.4) is 0 Å². The van der Waals surface area contributed by atoms with Crippen LogP contribution in [0.15, 0.2) is 39.9 Å². The third-order valence-electron chi connectivity index (χ3n) is 4.47. The van der Waals surface area contributed by atoms with Crippen molar-refractivity contribution in [3.8, 4) is 5.69 Å². The van der Waals surface area contributed by atoms with E-state index in [4.69, 9.17) is 16.6 Å². The van der Waals surface area contributed by atoms with E-state index in [1.54, 1.807) is 4.63 Å². The summed E-state index contributed by atoms with van der Waals surface area (Å²) in [5.41, 5.74) is 3.71. The van der Waals surface area contributed by atoms with Crippen LogP contribution < -0.4 is 0 Å². The first-order chi connectivity index (χ1) is 11.8. The number of hydrogen-bond acceptors (Lipinski definition) is 5. The van der Waals surface area contributed by atoms with E-state index in [-0.39, 0.29) is 0 Å². The highest BCUT2D eigenvalue weighted by molar-refractivity contribution is 7.98. The molecule has 3 aromatic heterocycles. The fourth-order valence-electron chi connectivity index (χ4n) is 3.43. The molecule has 0 saturated heterocycles. The number of thioether (sulfide) groups is 1. The summed E-state index contributed by atoms with van der Waals surface area (Å²) in [5, 5.41) is 6.33. The zero-order chi connectivity index (χ0) is 16.3. The summed E-state index contributed by atoms with van der Waals surface area (Å²) in [6.07, 6.45) is 5.08. The van der Waals surface area contributed by atoms with Gasteiger partial charge in [-0.25, -0.2) is 4.68 Å². The molecule has 0 bridgehead atoms. The molecule has 3 heterocycles. The molecule has 24 heavy (non-hydrogen) atoms. The van der Waals surface area contributed by atoms with Gasteiger partial charge in [-0.15, -0.1) is 9.73 Å². The van der Waals surface area contributed by atoms with Crippen LogP contribution in [-0.4, -0.2) is 25.7 Å².